The van der Waals surface area contributed by atoms with Gasteiger partial charge in [0, 0.05) is 13.0 Å². The summed E-state index contributed by atoms with van der Waals surface area (Å²) in [6.45, 7) is 0.630. The van der Waals surface area contributed by atoms with Crippen molar-refractivity contribution >= 4 is 5.91 Å². The van der Waals surface area contributed by atoms with E-state index in [0.29, 0.717) is 13.0 Å². The largest absolute Gasteiger partial charge is 0.370 e. The number of carbonyl (C=O) groups is 1. The van der Waals surface area contributed by atoms with E-state index in [1.807, 2.05) is 0 Å². The Balaban J connectivity index is 2.99. The van der Waals surface area contributed by atoms with Crippen LogP contribution in [0.2, 0.25) is 1.41 Å². The first-order chi connectivity index (χ1) is 3.81. The van der Waals surface area contributed by atoms with E-state index in [9.17, 15) is 4.79 Å². The number of nitrogens with one attached hydrogen (secondary N) is 1. The zero-order chi connectivity index (χ0) is 6.41. The van der Waals surface area contributed by atoms with Gasteiger partial charge in [-0.05, 0) is 7.05 Å². The molecule has 0 aliphatic carbocycles. The lowest BCUT2D eigenvalue weighted by atomic mass is 10.4. The van der Waals surface area contributed by atoms with E-state index in [4.69, 9.17) is 1.41 Å². The minimum absolute atomic E-state index is 0.251. The molecule has 0 atom stereocenters. The van der Waals surface area contributed by atoms with Crippen LogP contribution in [0.15, 0.2) is 0 Å². The maximum absolute atomic E-state index is 10.2. The van der Waals surface area contributed by atoms with E-state index < -0.39 is 0 Å². The van der Waals surface area contributed by atoms with Gasteiger partial charge in [0.05, 0.1) is 0 Å². The molecule has 0 spiro atoms. The molecule has 0 aliphatic rings. The molecule has 0 bridgehead atoms. The van der Waals surface area contributed by atoms with Crippen LogP contribution in [0, 0.1) is 0 Å². The molecular weight excluding hydrogens is 92.1 g/mol. The molecule has 3 heteroatoms. The van der Waals surface area contributed by atoms with Gasteiger partial charge in [-0.15, -0.1) is 0 Å². The van der Waals surface area contributed by atoms with Crippen molar-refractivity contribution in [2.24, 2.45) is 5.73 Å². The average molecular weight is 103 g/mol. The van der Waals surface area contributed by atoms with Gasteiger partial charge in [0.2, 0.25) is 5.91 Å². The predicted octanol–water partition coefficient (Wildman–Crippen LogP) is -0.919. The lowest BCUT2D eigenvalue weighted by Gasteiger charge is -1.89. The van der Waals surface area contributed by atoms with Crippen LogP contribution in [0.5, 0.6) is 0 Å². The van der Waals surface area contributed by atoms with Gasteiger partial charge in [-0.25, -0.2) is 0 Å². The number of carbonyl (C=O) groups excluding carboxylic acids is 1. The quantitative estimate of drug-likeness (QED) is 0.485. The second-order valence-corrected chi connectivity index (χ2v) is 1.28. The molecule has 0 saturated carbocycles. The van der Waals surface area contributed by atoms with E-state index in [-0.39, 0.29) is 5.91 Å². The first kappa shape index (κ1) is 4.59. The molecule has 42 valence electrons. The number of hydrogen-bond donors (Lipinski definition) is 2. The Hall–Kier alpha value is -0.570. The molecule has 0 fully saturated rings. The maximum Gasteiger partial charge on any atom is 0.218 e. The third kappa shape index (κ3) is 5.43. The van der Waals surface area contributed by atoms with Gasteiger partial charge in [0.15, 0.2) is 1.41 Å². The molecule has 0 aromatic heterocycles. The molecule has 1 amide bonds. The first-order valence-corrected chi connectivity index (χ1v) is 2.16. The highest BCUT2D eigenvalue weighted by Crippen LogP contribution is 1.67. The molecule has 3 N–H and O–H groups in total. The number of rotatable bonds is 3. The van der Waals surface area contributed by atoms with Crippen LogP contribution in [0.4, 0.5) is 0 Å². The number of primary amides is 1. The predicted molar refractivity (Wildman–Crippen MR) is 27.7 cm³/mol. The Morgan fingerprint density at radius 1 is 2.14 bits per heavy atom. The second kappa shape index (κ2) is 3.61. The van der Waals surface area contributed by atoms with E-state index in [1.165, 1.54) is 0 Å². The second-order valence-electron chi connectivity index (χ2n) is 1.28. The summed E-state index contributed by atoms with van der Waals surface area (Å²) in [5, 5.41) is 2.79. The van der Waals surface area contributed by atoms with Crippen molar-refractivity contribution in [2.75, 3.05) is 13.6 Å². The summed E-state index contributed by atoms with van der Waals surface area (Å²) in [6, 6.07) is 0. The number of nitrogens with two attached hydrogens (primary N) is 1. The fraction of sp³-hybridized carbons (Fsp3) is 0.750. The van der Waals surface area contributed by atoms with Crippen molar-refractivity contribution in [3.63, 3.8) is 0 Å². The molecule has 3 nitrogen and oxygen atoms in total. The fourth-order valence-corrected chi connectivity index (χ4v) is 0.239. The SMILES string of the molecule is [2H]NC(=O)CCNC. The van der Waals surface area contributed by atoms with Crippen LogP contribution >= 0.6 is 0 Å². The Morgan fingerprint density at radius 3 is 3.29 bits per heavy atom. The molecule has 0 rings (SSSR count). The van der Waals surface area contributed by atoms with Crippen LogP contribution < -0.4 is 11.0 Å². The summed E-state index contributed by atoms with van der Waals surface area (Å²) < 4.78 is 6.36. The zero-order valence-electron chi connectivity index (χ0n) is 5.32. The Labute approximate surface area is 44.3 Å². The van der Waals surface area contributed by atoms with Crippen molar-refractivity contribution in [1.29, 1.82) is 0 Å². The van der Waals surface area contributed by atoms with E-state index in [0.717, 1.165) is 0 Å². The van der Waals surface area contributed by atoms with Gasteiger partial charge in [-0.3, -0.25) is 4.79 Å². The maximum atomic E-state index is 10.2. The third-order valence-electron chi connectivity index (χ3n) is 0.602. The summed E-state index contributed by atoms with van der Waals surface area (Å²) in [5.74, 6) is -0.251. The smallest absolute Gasteiger partial charge is 0.218 e. The Kier molecular flexibility index (Phi) is 2.37. The lowest BCUT2D eigenvalue weighted by molar-refractivity contribution is -0.117. The highest BCUT2D eigenvalue weighted by atomic mass is 16.1. The molecule has 0 heterocycles. The normalized spacial score (nSPS) is 10.1. The van der Waals surface area contributed by atoms with Crippen LogP contribution in [-0.4, -0.2) is 19.5 Å². The number of hydrogen-bond acceptors (Lipinski definition) is 2. The molecule has 0 radical (unpaired) electrons. The van der Waals surface area contributed by atoms with Crippen LogP contribution in [0.3, 0.4) is 0 Å². The van der Waals surface area contributed by atoms with Gasteiger partial charge in [0.1, 0.15) is 0 Å². The topological polar surface area (TPSA) is 55.1 Å². The molecule has 0 saturated heterocycles. The lowest BCUT2D eigenvalue weighted by Crippen LogP contribution is -2.18. The first-order valence-electron chi connectivity index (χ1n) is 2.66. The highest BCUT2D eigenvalue weighted by molar-refractivity contribution is 5.73. The van der Waals surface area contributed by atoms with Crippen molar-refractivity contribution in [2.45, 2.75) is 6.42 Å². The van der Waals surface area contributed by atoms with Gasteiger partial charge >= 0.3 is 0 Å². The van der Waals surface area contributed by atoms with Gasteiger partial charge in [-0.2, -0.15) is 0 Å². The van der Waals surface area contributed by atoms with Gasteiger partial charge in [-0.1, -0.05) is 0 Å². The summed E-state index contributed by atoms with van der Waals surface area (Å²) in [6.07, 6.45) is 0.375. The fourth-order valence-electron chi connectivity index (χ4n) is 0.239. The third-order valence-corrected chi connectivity index (χ3v) is 0.602. The van der Waals surface area contributed by atoms with Crippen molar-refractivity contribution < 1.29 is 6.21 Å². The van der Waals surface area contributed by atoms with E-state index in [2.05, 4.69) is 5.32 Å². The minimum atomic E-state index is -0.251. The van der Waals surface area contributed by atoms with Crippen LogP contribution in [-0.2, 0) is 4.79 Å². The van der Waals surface area contributed by atoms with Crippen LogP contribution in [0.25, 0.3) is 0 Å². The standard InChI is InChI=1S/C4H10N2O/c1-6-3-2-4(5)7/h6H,2-3H2,1H3,(H2,5,7)/i/hD. The highest BCUT2D eigenvalue weighted by Gasteiger charge is 1.87. The van der Waals surface area contributed by atoms with Crippen LogP contribution in [0.1, 0.15) is 6.42 Å². The van der Waals surface area contributed by atoms with Gasteiger partial charge in [0.25, 0.3) is 0 Å². The molecule has 0 aromatic rings. The summed E-state index contributed by atoms with van der Waals surface area (Å²) in [4.78, 5) is 10.2. The molecule has 0 aliphatic heterocycles. The van der Waals surface area contributed by atoms with Crippen molar-refractivity contribution in [1.82, 2.24) is 5.32 Å². The summed E-state index contributed by atoms with van der Waals surface area (Å²) in [7, 11) is 1.76. The zero-order valence-corrected chi connectivity index (χ0v) is 4.32. The average Bonchev–Trinajstić information content (AvgIpc) is 1.83. The van der Waals surface area contributed by atoms with Gasteiger partial charge < -0.3 is 11.0 Å². The number of amides is 1. The Bertz CT molecular complexity index is 76.4. The molecular formula is C4H10N2O. The molecule has 0 aromatic carbocycles. The van der Waals surface area contributed by atoms with E-state index >= 15 is 0 Å². The summed E-state index contributed by atoms with van der Waals surface area (Å²) >= 11 is 0. The van der Waals surface area contributed by atoms with E-state index in [1.54, 1.807) is 12.8 Å². The van der Waals surface area contributed by atoms with Crippen molar-refractivity contribution in [3.05, 3.63) is 0 Å². The van der Waals surface area contributed by atoms with Crippen molar-refractivity contribution in [3.8, 4) is 0 Å². The summed E-state index contributed by atoms with van der Waals surface area (Å²) in [5.41, 5.74) is 1.77. The molecule has 7 heavy (non-hydrogen) atoms. The molecule has 0 unspecified atom stereocenters. The Morgan fingerprint density at radius 2 is 2.86 bits per heavy atom. The minimum Gasteiger partial charge on any atom is -0.370 e. The monoisotopic (exact) mass is 103 g/mol.